The molecule has 0 aromatic heterocycles. The van der Waals surface area contributed by atoms with Gasteiger partial charge in [-0.05, 0) is 57.0 Å². The molecule has 3 N–H and O–H groups in total. The van der Waals surface area contributed by atoms with Gasteiger partial charge in [-0.15, -0.1) is 0 Å². The molecule has 1 saturated heterocycles. The average Bonchev–Trinajstić information content (AvgIpc) is 3.04. The van der Waals surface area contributed by atoms with Gasteiger partial charge in [0.05, 0.1) is 0 Å². The number of hydrazine groups is 1. The molecule has 2 rings (SSSR count). The Labute approximate surface area is 144 Å². The molecule has 6 heteroatoms. The monoisotopic (exact) mass is 336 g/mol. The molecule has 2 atom stereocenters. The predicted molar refractivity (Wildman–Crippen MR) is 93.8 cm³/mol. The Balaban J connectivity index is 1.66. The minimum atomic E-state index is -0.198. The second kappa shape index (κ2) is 9.71. The fourth-order valence-corrected chi connectivity index (χ4v) is 3.06. The number of rotatable bonds is 9. The third-order valence-electron chi connectivity index (χ3n) is 4.52. The van der Waals surface area contributed by atoms with Gasteiger partial charge in [0.25, 0.3) is 0 Å². The van der Waals surface area contributed by atoms with Crippen molar-refractivity contribution in [1.82, 2.24) is 21.1 Å². The van der Waals surface area contributed by atoms with E-state index in [2.05, 4.69) is 16.2 Å². The molecule has 0 spiro atoms. The van der Waals surface area contributed by atoms with E-state index in [1.807, 2.05) is 25.1 Å². The molecule has 1 aromatic rings. The first-order valence-electron chi connectivity index (χ1n) is 8.75. The summed E-state index contributed by atoms with van der Waals surface area (Å²) in [5, 5.41) is 3.05. The Morgan fingerprint density at radius 2 is 2.21 bits per heavy atom. The van der Waals surface area contributed by atoms with E-state index in [4.69, 9.17) is 0 Å². The summed E-state index contributed by atoms with van der Waals surface area (Å²) in [6.07, 6.45) is 4.37. The van der Waals surface area contributed by atoms with Crippen molar-refractivity contribution in [3.05, 3.63) is 35.6 Å². The van der Waals surface area contributed by atoms with Crippen LogP contribution in [-0.4, -0.2) is 44.0 Å². The van der Waals surface area contributed by atoms with Crippen LogP contribution in [-0.2, 0) is 4.79 Å². The average molecular weight is 336 g/mol. The number of carbonyl (C=O) groups is 1. The van der Waals surface area contributed by atoms with Gasteiger partial charge in [-0.2, -0.15) is 0 Å². The molecule has 134 valence electrons. The summed E-state index contributed by atoms with van der Waals surface area (Å²) in [6, 6.07) is 7.24. The molecule has 0 bridgehead atoms. The smallest absolute Gasteiger partial charge is 0.222 e. The SMILES string of the molecule is CNCCCC(=O)N(C)CCCC1CC(c2cccc(F)c2)NN1. The predicted octanol–water partition coefficient (Wildman–Crippen LogP) is 1.97. The Bertz CT molecular complexity index is 525. The normalized spacial score (nSPS) is 20.3. The molecule has 1 amide bonds. The lowest BCUT2D eigenvalue weighted by molar-refractivity contribution is -0.130. The molecule has 1 aliphatic heterocycles. The van der Waals surface area contributed by atoms with Gasteiger partial charge < -0.3 is 10.2 Å². The Kier molecular flexibility index (Phi) is 7.62. The summed E-state index contributed by atoms with van der Waals surface area (Å²) in [5.74, 6) is 0.0107. The quantitative estimate of drug-likeness (QED) is 0.604. The summed E-state index contributed by atoms with van der Waals surface area (Å²) in [7, 11) is 3.77. The summed E-state index contributed by atoms with van der Waals surface area (Å²) < 4.78 is 13.3. The zero-order chi connectivity index (χ0) is 17.4. The van der Waals surface area contributed by atoms with Crippen molar-refractivity contribution in [3.8, 4) is 0 Å². The lowest BCUT2D eigenvalue weighted by Crippen LogP contribution is -2.32. The summed E-state index contributed by atoms with van der Waals surface area (Å²) in [5.41, 5.74) is 7.50. The molecule has 1 aromatic carbocycles. The van der Waals surface area contributed by atoms with E-state index in [0.29, 0.717) is 12.5 Å². The fourth-order valence-electron chi connectivity index (χ4n) is 3.06. The van der Waals surface area contributed by atoms with Gasteiger partial charge in [0.1, 0.15) is 5.82 Å². The Morgan fingerprint density at radius 3 is 2.96 bits per heavy atom. The number of nitrogens with zero attached hydrogens (tertiary/aromatic N) is 1. The van der Waals surface area contributed by atoms with Crippen LogP contribution in [0, 0.1) is 5.82 Å². The zero-order valence-corrected chi connectivity index (χ0v) is 14.6. The summed E-state index contributed by atoms with van der Waals surface area (Å²) >= 11 is 0. The van der Waals surface area contributed by atoms with Crippen molar-refractivity contribution in [2.24, 2.45) is 0 Å². The van der Waals surface area contributed by atoms with E-state index in [1.54, 1.807) is 12.1 Å². The van der Waals surface area contributed by atoms with E-state index in [9.17, 15) is 9.18 Å². The zero-order valence-electron chi connectivity index (χ0n) is 14.6. The van der Waals surface area contributed by atoms with E-state index in [1.165, 1.54) is 6.07 Å². The maximum absolute atomic E-state index is 13.3. The van der Waals surface area contributed by atoms with Crippen molar-refractivity contribution in [2.75, 3.05) is 27.2 Å². The standard InChI is InChI=1S/C18H29FN4O/c1-20-10-4-9-18(24)23(2)11-5-8-16-13-17(22-21-16)14-6-3-7-15(19)12-14/h3,6-7,12,16-17,20-22H,4-5,8-11,13H2,1-2H3. The van der Waals surface area contributed by atoms with Crippen molar-refractivity contribution in [3.63, 3.8) is 0 Å². The van der Waals surface area contributed by atoms with E-state index >= 15 is 0 Å². The van der Waals surface area contributed by atoms with Crippen LogP contribution in [0.15, 0.2) is 24.3 Å². The minimum Gasteiger partial charge on any atom is -0.346 e. The molecular formula is C18H29FN4O. The molecule has 1 fully saturated rings. The van der Waals surface area contributed by atoms with Gasteiger partial charge in [-0.25, -0.2) is 4.39 Å². The first-order chi connectivity index (χ1) is 11.6. The number of hydrogen-bond acceptors (Lipinski definition) is 4. The van der Waals surface area contributed by atoms with Gasteiger partial charge in [-0.1, -0.05) is 12.1 Å². The molecule has 2 unspecified atom stereocenters. The van der Waals surface area contributed by atoms with Crippen molar-refractivity contribution < 1.29 is 9.18 Å². The van der Waals surface area contributed by atoms with Gasteiger partial charge in [-0.3, -0.25) is 15.6 Å². The highest BCUT2D eigenvalue weighted by Crippen LogP contribution is 2.24. The molecule has 1 heterocycles. The van der Waals surface area contributed by atoms with Crippen LogP contribution in [0.2, 0.25) is 0 Å². The summed E-state index contributed by atoms with van der Waals surface area (Å²) in [4.78, 5) is 13.8. The second-order valence-electron chi connectivity index (χ2n) is 6.49. The highest BCUT2D eigenvalue weighted by Gasteiger charge is 2.24. The van der Waals surface area contributed by atoms with Crippen molar-refractivity contribution >= 4 is 5.91 Å². The van der Waals surface area contributed by atoms with Crippen LogP contribution in [0.1, 0.15) is 43.7 Å². The van der Waals surface area contributed by atoms with E-state index in [-0.39, 0.29) is 17.8 Å². The third kappa shape index (κ3) is 5.85. The van der Waals surface area contributed by atoms with Crippen LogP contribution < -0.4 is 16.2 Å². The van der Waals surface area contributed by atoms with Crippen LogP contribution in [0.4, 0.5) is 4.39 Å². The molecule has 1 aliphatic rings. The van der Waals surface area contributed by atoms with Crippen LogP contribution >= 0.6 is 0 Å². The van der Waals surface area contributed by atoms with E-state index < -0.39 is 0 Å². The topological polar surface area (TPSA) is 56.4 Å². The highest BCUT2D eigenvalue weighted by molar-refractivity contribution is 5.75. The van der Waals surface area contributed by atoms with Gasteiger partial charge in [0, 0.05) is 32.1 Å². The lowest BCUT2D eigenvalue weighted by Gasteiger charge is -2.18. The first-order valence-corrected chi connectivity index (χ1v) is 8.75. The Hall–Kier alpha value is -1.50. The first kappa shape index (κ1) is 18.8. The van der Waals surface area contributed by atoms with Crippen LogP contribution in [0.25, 0.3) is 0 Å². The fraction of sp³-hybridized carbons (Fsp3) is 0.611. The van der Waals surface area contributed by atoms with Gasteiger partial charge in [0.2, 0.25) is 5.91 Å². The maximum Gasteiger partial charge on any atom is 0.222 e. The summed E-state index contributed by atoms with van der Waals surface area (Å²) in [6.45, 7) is 1.65. The molecule has 0 aliphatic carbocycles. The number of halogens is 1. The van der Waals surface area contributed by atoms with Crippen LogP contribution in [0.3, 0.4) is 0 Å². The number of benzene rings is 1. The second-order valence-corrected chi connectivity index (χ2v) is 6.49. The Morgan fingerprint density at radius 1 is 1.38 bits per heavy atom. The molecular weight excluding hydrogens is 307 g/mol. The molecule has 24 heavy (non-hydrogen) atoms. The molecule has 0 radical (unpaired) electrons. The maximum atomic E-state index is 13.3. The number of amides is 1. The van der Waals surface area contributed by atoms with Gasteiger partial charge in [0.15, 0.2) is 0 Å². The highest BCUT2D eigenvalue weighted by atomic mass is 19.1. The largest absolute Gasteiger partial charge is 0.346 e. The minimum absolute atomic E-state index is 0.145. The number of nitrogens with one attached hydrogen (secondary N) is 3. The van der Waals surface area contributed by atoms with Crippen molar-refractivity contribution in [2.45, 2.75) is 44.2 Å². The van der Waals surface area contributed by atoms with Crippen LogP contribution in [0.5, 0.6) is 0 Å². The number of hydrogen-bond donors (Lipinski definition) is 3. The molecule has 0 saturated carbocycles. The van der Waals surface area contributed by atoms with Gasteiger partial charge >= 0.3 is 0 Å². The lowest BCUT2D eigenvalue weighted by atomic mass is 9.99. The third-order valence-corrected chi connectivity index (χ3v) is 4.52. The van der Waals surface area contributed by atoms with E-state index in [0.717, 1.165) is 44.3 Å². The molecule has 5 nitrogen and oxygen atoms in total. The number of carbonyl (C=O) groups excluding carboxylic acids is 1. The van der Waals surface area contributed by atoms with Crippen molar-refractivity contribution in [1.29, 1.82) is 0 Å².